The maximum atomic E-state index is 13.9. The Morgan fingerprint density at radius 1 is 1.22 bits per heavy atom. The minimum Gasteiger partial charge on any atom is -0.494 e. The van der Waals surface area contributed by atoms with Gasteiger partial charge in [0.25, 0.3) is 0 Å². The lowest BCUT2D eigenvalue weighted by Crippen LogP contribution is -1.99. The molecule has 0 aliphatic heterocycles. The summed E-state index contributed by atoms with van der Waals surface area (Å²) in [7, 11) is 1.44. The normalized spacial score (nSPS) is 10.6. The summed E-state index contributed by atoms with van der Waals surface area (Å²) in [6, 6.07) is 6.69. The molecule has 0 atom stereocenters. The number of nitrogens with zero attached hydrogens (tertiary/aromatic N) is 3. The Morgan fingerprint density at radius 3 is 2.70 bits per heavy atom. The summed E-state index contributed by atoms with van der Waals surface area (Å²) in [5.41, 5.74) is 3.14. The molecule has 1 N–H and O–H groups in total. The van der Waals surface area contributed by atoms with Gasteiger partial charge in [-0.25, -0.2) is 14.4 Å². The van der Waals surface area contributed by atoms with Crippen molar-refractivity contribution >= 4 is 22.5 Å². The number of anilines is 2. The summed E-state index contributed by atoms with van der Waals surface area (Å²) in [5, 5.41) is 3.97. The van der Waals surface area contributed by atoms with Gasteiger partial charge in [0.05, 0.1) is 18.5 Å². The highest BCUT2D eigenvalue weighted by Gasteiger charge is 2.11. The van der Waals surface area contributed by atoms with Gasteiger partial charge in [-0.05, 0) is 55.2 Å². The fraction of sp³-hybridized carbons (Fsp3) is 0.188. The summed E-state index contributed by atoms with van der Waals surface area (Å²) in [6.07, 6.45) is 1.71. The number of rotatable bonds is 4. The van der Waals surface area contributed by atoms with Crippen molar-refractivity contribution in [1.29, 1.82) is 0 Å². The van der Waals surface area contributed by atoms with E-state index in [9.17, 15) is 4.39 Å². The maximum Gasteiger partial charge on any atom is 0.228 e. The zero-order valence-corrected chi connectivity index (χ0v) is 13.7. The van der Waals surface area contributed by atoms with Crippen molar-refractivity contribution < 1.29 is 9.13 Å². The highest BCUT2D eigenvalue weighted by atomic mass is 32.1. The van der Waals surface area contributed by atoms with Crippen LogP contribution >= 0.6 is 11.5 Å². The Hall–Kier alpha value is -2.54. The number of aromatic nitrogens is 3. The van der Waals surface area contributed by atoms with Crippen LogP contribution in [0.25, 0.3) is 11.3 Å². The molecule has 0 fully saturated rings. The van der Waals surface area contributed by atoms with E-state index < -0.39 is 5.82 Å². The van der Waals surface area contributed by atoms with Gasteiger partial charge in [-0.2, -0.15) is 4.37 Å². The highest BCUT2D eigenvalue weighted by molar-refractivity contribution is 7.10. The van der Waals surface area contributed by atoms with Crippen molar-refractivity contribution in [1.82, 2.24) is 14.3 Å². The molecule has 0 saturated carbocycles. The maximum absolute atomic E-state index is 13.9. The van der Waals surface area contributed by atoms with E-state index in [0.29, 0.717) is 17.2 Å². The molecule has 0 unspecified atom stereocenters. The summed E-state index contributed by atoms with van der Waals surface area (Å²) >= 11 is 1.34. The number of hydrogen-bond acceptors (Lipinski definition) is 6. The van der Waals surface area contributed by atoms with Crippen LogP contribution in [-0.4, -0.2) is 21.5 Å². The number of halogens is 1. The average molecular weight is 330 g/mol. The number of ether oxygens (including phenoxy) is 1. The third kappa shape index (κ3) is 3.29. The van der Waals surface area contributed by atoms with Crippen LogP contribution in [0.1, 0.15) is 11.3 Å². The topological polar surface area (TPSA) is 59.9 Å². The first-order valence-electron chi connectivity index (χ1n) is 6.94. The lowest BCUT2D eigenvalue weighted by atomic mass is 10.1. The molecule has 1 aromatic carbocycles. The third-order valence-corrected chi connectivity index (χ3v) is 4.06. The Bertz CT molecular complexity index is 850. The molecule has 5 nitrogen and oxygen atoms in total. The van der Waals surface area contributed by atoms with Crippen LogP contribution < -0.4 is 10.1 Å². The molecule has 0 radical (unpaired) electrons. The van der Waals surface area contributed by atoms with Crippen molar-refractivity contribution in [3.8, 4) is 17.0 Å². The van der Waals surface area contributed by atoms with Crippen LogP contribution in [0.2, 0.25) is 0 Å². The van der Waals surface area contributed by atoms with E-state index in [1.54, 1.807) is 18.3 Å². The van der Waals surface area contributed by atoms with Gasteiger partial charge in [-0.3, -0.25) is 0 Å². The van der Waals surface area contributed by atoms with Gasteiger partial charge in [-0.1, -0.05) is 0 Å². The van der Waals surface area contributed by atoms with E-state index >= 15 is 0 Å². The van der Waals surface area contributed by atoms with Gasteiger partial charge in [-0.15, -0.1) is 0 Å². The van der Waals surface area contributed by atoms with Crippen molar-refractivity contribution in [2.24, 2.45) is 0 Å². The van der Waals surface area contributed by atoms with Crippen molar-refractivity contribution in [2.45, 2.75) is 13.8 Å². The number of benzene rings is 1. The lowest BCUT2D eigenvalue weighted by Gasteiger charge is -2.09. The van der Waals surface area contributed by atoms with E-state index in [-0.39, 0.29) is 5.75 Å². The summed E-state index contributed by atoms with van der Waals surface area (Å²) < 4.78 is 23.1. The fourth-order valence-corrected chi connectivity index (χ4v) is 2.80. The Kier molecular flexibility index (Phi) is 4.20. The quantitative estimate of drug-likeness (QED) is 0.780. The molecule has 3 rings (SSSR count). The van der Waals surface area contributed by atoms with Gasteiger partial charge >= 0.3 is 0 Å². The monoisotopic (exact) mass is 330 g/mol. The third-order valence-electron chi connectivity index (χ3n) is 3.26. The Balaban J connectivity index is 1.95. The molecular formula is C16H15FN4OS. The summed E-state index contributed by atoms with van der Waals surface area (Å²) in [5.74, 6) is 0.236. The minimum atomic E-state index is -0.421. The van der Waals surface area contributed by atoms with Crippen LogP contribution in [0, 0.1) is 19.7 Å². The SMILES string of the molecule is COc1ccc(-c2nc(Nc3cc(C)ns3)ncc2C)cc1F. The Morgan fingerprint density at radius 2 is 2.04 bits per heavy atom. The van der Waals surface area contributed by atoms with Gasteiger partial charge in [0.2, 0.25) is 5.95 Å². The number of methoxy groups -OCH3 is 1. The second-order valence-corrected chi connectivity index (χ2v) is 5.84. The van der Waals surface area contributed by atoms with E-state index in [0.717, 1.165) is 16.3 Å². The van der Waals surface area contributed by atoms with Gasteiger partial charge in [0.15, 0.2) is 11.6 Å². The fourth-order valence-electron chi connectivity index (χ4n) is 2.14. The summed E-state index contributed by atoms with van der Waals surface area (Å²) in [6.45, 7) is 3.81. The molecule has 23 heavy (non-hydrogen) atoms. The first-order valence-corrected chi connectivity index (χ1v) is 7.72. The van der Waals surface area contributed by atoms with Crippen LogP contribution in [-0.2, 0) is 0 Å². The molecule has 0 bridgehead atoms. The van der Waals surface area contributed by atoms with E-state index in [1.807, 2.05) is 19.9 Å². The van der Waals surface area contributed by atoms with Gasteiger partial charge in [0.1, 0.15) is 5.00 Å². The van der Waals surface area contributed by atoms with E-state index in [2.05, 4.69) is 19.7 Å². The molecule has 118 valence electrons. The largest absolute Gasteiger partial charge is 0.494 e. The van der Waals surface area contributed by atoms with Crippen LogP contribution in [0.15, 0.2) is 30.5 Å². The van der Waals surface area contributed by atoms with E-state index in [4.69, 9.17) is 4.74 Å². The second kappa shape index (κ2) is 6.29. The van der Waals surface area contributed by atoms with Crippen molar-refractivity contribution in [3.63, 3.8) is 0 Å². The zero-order valence-electron chi connectivity index (χ0n) is 12.9. The van der Waals surface area contributed by atoms with Crippen LogP contribution in [0.5, 0.6) is 5.75 Å². The van der Waals surface area contributed by atoms with Gasteiger partial charge < -0.3 is 10.1 Å². The molecule has 0 aliphatic rings. The Labute approximate surface area is 137 Å². The van der Waals surface area contributed by atoms with Crippen molar-refractivity contribution in [3.05, 3.63) is 47.5 Å². The van der Waals surface area contributed by atoms with E-state index in [1.165, 1.54) is 24.7 Å². The first-order chi connectivity index (χ1) is 11.1. The molecule has 3 aromatic rings. The molecule has 2 aromatic heterocycles. The number of aryl methyl sites for hydroxylation is 2. The second-order valence-electron chi connectivity index (χ2n) is 5.03. The number of nitrogens with one attached hydrogen (secondary N) is 1. The standard InChI is InChI=1S/C16H15FN4OS/c1-9-8-18-16(19-14-6-10(2)21-23-14)20-15(9)11-4-5-13(22-3)12(17)7-11/h4-8H,1-3H3,(H,18,19,20). The van der Waals surface area contributed by atoms with Gasteiger partial charge in [0, 0.05) is 11.8 Å². The molecule has 0 aliphatic carbocycles. The highest BCUT2D eigenvalue weighted by Crippen LogP contribution is 2.28. The molecule has 7 heteroatoms. The average Bonchev–Trinajstić information content (AvgIpc) is 2.94. The number of hydrogen-bond donors (Lipinski definition) is 1. The van der Waals surface area contributed by atoms with Crippen LogP contribution in [0.4, 0.5) is 15.3 Å². The minimum absolute atomic E-state index is 0.207. The lowest BCUT2D eigenvalue weighted by molar-refractivity contribution is 0.386. The smallest absolute Gasteiger partial charge is 0.228 e. The molecule has 0 spiro atoms. The first kappa shape index (κ1) is 15.4. The molecule has 0 saturated heterocycles. The predicted octanol–water partition coefficient (Wildman–Crippen LogP) is 4.11. The van der Waals surface area contributed by atoms with Crippen molar-refractivity contribution in [2.75, 3.05) is 12.4 Å². The predicted molar refractivity (Wildman–Crippen MR) is 88.8 cm³/mol. The molecule has 0 amide bonds. The van der Waals surface area contributed by atoms with Crippen LogP contribution in [0.3, 0.4) is 0 Å². The zero-order chi connectivity index (χ0) is 16.4. The molecular weight excluding hydrogens is 315 g/mol. The molecule has 2 heterocycles. The summed E-state index contributed by atoms with van der Waals surface area (Å²) in [4.78, 5) is 8.76.